The van der Waals surface area contributed by atoms with Gasteiger partial charge in [0.2, 0.25) is 0 Å². The lowest BCUT2D eigenvalue weighted by Gasteiger charge is -2.28. The molecule has 190 valence electrons. The predicted octanol–water partition coefficient (Wildman–Crippen LogP) is 3.54. The number of aliphatic hydroxyl groups is 1. The van der Waals surface area contributed by atoms with Crippen LogP contribution < -0.4 is 10.6 Å². The van der Waals surface area contributed by atoms with Crippen LogP contribution in [0.2, 0.25) is 0 Å². The van der Waals surface area contributed by atoms with Gasteiger partial charge >= 0.3 is 0 Å². The van der Waals surface area contributed by atoms with E-state index in [2.05, 4.69) is 37.6 Å². The number of carbonyl (C=O) groups is 1. The summed E-state index contributed by atoms with van der Waals surface area (Å²) in [6.45, 7) is 1.75. The third kappa shape index (κ3) is 4.56. The number of anilines is 1. The summed E-state index contributed by atoms with van der Waals surface area (Å²) in [5.74, 6) is -0.528. The highest BCUT2D eigenvalue weighted by Crippen LogP contribution is 2.37. The molecule has 36 heavy (non-hydrogen) atoms. The number of nitrogens with zero attached hydrogens (tertiary/aromatic N) is 5. The van der Waals surface area contributed by atoms with Gasteiger partial charge in [0.25, 0.3) is 5.91 Å². The number of hydrogen-bond acceptors (Lipinski definition) is 6. The van der Waals surface area contributed by atoms with Gasteiger partial charge in [-0.25, -0.2) is 9.97 Å². The molecule has 2 aromatic heterocycles. The lowest BCUT2D eigenvalue weighted by atomic mass is 9.95. The van der Waals surface area contributed by atoms with Crippen LogP contribution in [-0.2, 0) is 0 Å². The number of benzene rings is 2. The molecule has 1 aliphatic carbocycles. The fraction of sp³-hybridized carbons (Fsp3) is 0.444. The van der Waals surface area contributed by atoms with Crippen molar-refractivity contribution in [3.63, 3.8) is 0 Å². The van der Waals surface area contributed by atoms with Gasteiger partial charge in [-0.1, -0.05) is 25.3 Å². The van der Waals surface area contributed by atoms with Crippen LogP contribution in [0.5, 0.6) is 0 Å². The molecule has 0 radical (unpaired) electrons. The maximum Gasteiger partial charge on any atom is 0.253 e. The first-order valence-corrected chi connectivity index (χ1v) is 12.7. The largest absolute Gasteiger partial charge is 0.395 e. The van der Waals surface area contributed by atoms with Crippen molar-refractivity contribution in [2.45, 2.75) is 38.1 Å². The van der Waals surface area contributed by atoms with Crippen LogP contribution in [0.4, 0.5) is 5.69 Å². The van der Waals surface area contributed by atoms with Crippen molar-refractivity contribution in [2.75, 3.05) is 45.2 Å². The number of fused-ring (bicyclic) bond motifs is 2. The van der Waals surface area contributed by atoms with Gasteiger partial charge in [-0.3, -0.25) is 4.79 Å². The van der Waals surface area contributed by atoms with E-state index in [1.807, 2.05) is 31.4 Å². The third-order valence-corrected chi connectivity index (χ3v) is 7.31. The van der Waals surface area contributed by atoms with Crippen molar-refractivity contribution in [2.24, 2.45) is 5.73 Å². The predicted molar refractivity (Wildman–Crippen MR) is 143 cm³/mol. The molecule has 0 saturated heterocycles. The first kappa shape index (κ1) is 24.3. The molecule has 5 rings (SSSR count). The van der Waals surface area contributed by atoms with Gasteiger partial charge in [-0.2, -0.15) is 0 Å². The molecule has 1 saturated carbocycles. The van der Waals surface area contributed by atoms with Gasteiger partial charge in [0.05, 0.1) is 52.6 Å². The van der Waals surface area contributed by atoms with Crippen LogP contribution in [0, 0.1) is 0 Å². The summed E-state index contributed by atoms with van der Waals surface area (Å²) in [7, 11) is 3.99. The number of imidazole rings is 2. The highest BCUT2D eigenvalue weighted by Gasteiger charge is 2.24. The third-order valence-electron chi connectivity index (χ3n) is 7.31. The Kier molecular flexibility index (Phi) is 6.93. The van der Waals surface area contributed by atoms with E-state index in [1.165, 1.54) is 32.1 Å². The number of nitrogens with one attached hydrogen (secondary N) is 1. The Morgan fingerprint density at radius 3 is 2.67 bits per heavy atom. The topological polar surface area (TPSA) is 116 Å². The van der Waals surface area contributed by atoms with Gasteiger partial charge in [-0.05, 0) is 50.7 Å². The fourth-order valence-corrected chi connectivity index (χ4v) is 5.46. The van der Waals surface area contributed by atoms with Crippen LogP contribution in [0.25, 0.3) is 33.2 Å². The van der Waals surface area contributed by atoms with Gasteiger partial charge in [0, 0.05) is 31.2 Å². The minimum atomic E-state index is -0.528. The fourth-order valence-electron chi connectivity index (χ4n) is 5.46. The molecule has 1 fully saturated rings. The second kappa shape index (κ2) is 10.3. The number of H-pyrrole nitrogens is 1. The molecule has 4 aromatic rings. The van der Waals surface area contributed by atoms with Gasteiger partial charge in [-0.15, -0.1) is 0 Å². The lowest BCUT2D eigenvalue weighted by Crippen LogP contribution is -2.35. The zero-order valence-electron chi connectivity index (χ0n) is 21.1. The highest BCUT2D eigenvalue weighted by atomic mass is 16.3. The van der Waals surface area contributed by atoms with Crippen LogP contribution in [-0.4, -0.2) is 75.8 Å². The molecule has 0 bridgehead atoms. The first-order chi connectivity index (χ1) is 17.5. The Hall–Kier alpha value is -3.43. The summed E-state index contributed by atoms with van der Waals surface area (Å²) in [5.41, 5.74) is 12.2. The number of hydrogen-bond donors (Lipinski definition) is 3. The molecule has 0 spiro atoms. The van der Waals surface area contributed by atoms with Crippen molar-refractivity contribution in [1.82, 2.24) is 24.4 Å². The van der Waals surface area contributed by atoms with E-state index < -0.39 is 5.91 Å². The van der Waals surface area contributed by atoms with E-state index in [0.717, 1.165) is 28.7 Å². The SMILES string of the molecule is CN(C)CCN(CCO)c1cc(-c2ccc3c(c2)ncn3C2CCCCC2)c2nc[nH]c2c1C(N)=O. The summed E-state index contributed by atoms with van der Waals surface area (Å²) < 4.78 is 2.33. The van der Waals surface area contributed by atoms with E-state index >= 15 is 0 Å². The number of amides is 1. The van der Waals surface area contributed by atoms with Crippen molar-refractivity contribution in [3.8, 4) is 11.1 Å². The number of nitrogens with two attached hydrogens (primary N) is 1. The van der Waals surface area contributed by atoms with Crippen LogP contribution in [0.15, 0.2) is 36.9 Å². The molecule has 0 aliphatic heterocycles. The number of aliphatic hydroxyl groups excluding tert-OH is 1. The standard InChI is InChI=1S/C27H35N7O2/c1-32(2)10-11-33(12-13-35)23-15-20(25-26(30-16-29-25)24(23)27(28)36)18-8-9-22-21(14-18)31-17-34(22)19-6-4-3-5-7-19/h8-9,14-17,19,35H,3-7,10-13H2,1-2H3,(H2,28,36)(H,29,30). The quantitative estimate of drug-likeness (QED) is 0.331. The monoisotopic (exact) mass is 489 g/mol. The summed E-state index contributed by atoms with van der Waals surface area (Å²) in [6.07, 6.45) is 9.83. The van der Waals surface area contributed by atoms with Gasteiger partial charge in [0.1, 0.15) is 0 Å². The maximum absolute atomic E-state index is 12.6. The average molecular weight is 490 g/mol. The lowest BCUT2D eigenvalue weighted by molar-refractivity contribution is 0.100. The summed E-state index contributed by atoms with van der Waals surface area (Å²) >= 11 is 0. The second-order valence-corrected chi connectivity index (χ2v) is 9.97. The number of likely N-dealkylation sites (N-methyl/N-ethyl adjacent to an activating group) is 1. The summed E-state index contributed by atoms with van der Waals surface area (Å²) in [6, 6.07) is 8.84. The zero-order valence-corrected chi connectivity index (χ0v) is 21.1. The number of aromatic nitrogens is 4. The molecule has 9 heteroatoms. The molecule has 2 aromatic carbocycles. The molecule has 0 unspecified atom stereocenters. The minimum Gasteiger partial charge on any atom is -0.395 e. The molecule has 1 aliphatic rings. The van der Waals surface area contributed by atoms with E-state index in [-0.39, 0.29) is 6.61 Å². The van der Waals surface area contributed by atoms with Gasteiger partial charge in [0.15, 0.2) is 0 Å². The Labute approximate surface area is 210 Å². The number of rotatable bonds is 9. The number of aromatic amines is 1. The minimum absolute atomic E-state index is 0.0352. The van der Waals surface area contributed by atoms with Crippen LogP contribution in [0.3, 0.4) is 0 Å². The molecule has 9 nitrogen and oxygen atoms in total. The Morgan fingerprint density at radius 2 is 1.94 bits per heavy atom. The first-order valence-electron chi connectivity index (χ1n) is 12.7. The second-order valence-electron chi connectivity index (χ2n) is 9.97. The Morgan fingerprint density at radius 1 is 1.14 bits per heavy atom. The van der Waals surface area contributed by atoms with Crippen molar-refractivity contribution < 1.29 is 9.90 Å². The molecule has 4 N–H and O–H groups in total. The van der Waals surface area contributed by atoms with Gasteiger partial charge < -0.3 is 30.2 Å². The van der Waals surface area contributed by atoms with E-state index in [1.54, 1.807) is 6.33 Å². The molecular weight excluding hydrogens is 454 g/mol. The van der Waals surface area contributed by atoms with E-state index in [9.17, 15) is 9.90 Å². The normalized spacial score (nSPS) is 14.8. The van der Waals surface area contributed by atoms with Crippen molar-refractivity contribution >= 4 is 33.7 Å². The average Bonchev–Trinajstić information content (AvgIpc) is 3.53. The number of carbonyl (C=O) groups excluding carboxylic acids is 1. The van der Waals surface area contributed by atoms with E-state index in [4.69, 9.17) is 10.7 Å². The Bertz CT molecular complexity index is 1370. The molecule has 0 atom stereocenters. The maximum atomic E-state index is 12.6. The molecular formula is C27H35N7O2. The van der Waals surface area contributed by atoms with Crippen molar-refractivity contribution in [1.29, 1.82) is 0 Å². The smallest absolute Gasteiger partial charge is 0.253 e. The molecule has 1 amide bonds. The van der Waals surface area contributed by atoms with Crippen LogP contribution >= 0.6 is 0 Å². The summed E-state index contributed by atoms with van der Waals surface area (Å²) in [5, 5.41) is 9.78. The molecule has 2 heterocycles. The van der Waals surface area contributed by atoms with E-state index in [0.29, 0.717) is 41.4 Å². The Balaban J connectivity index is 1.63. The van der Waals surface area contributed by atoms with Crippen molar-refractivity contribution in [3.05, 3.63) is 42.5 Å². The van der Waals surface area contributed by atoms with Crippen LogP contribution in [0.1, 0.15) is 48.5 Å². The summed E-state index contributed by atoms with van der Waals surface area (Å²) in [4.78, 5) is 29.1. The zero-order chi connectivity index (χ0) is 25.2. The highest BCUT2D eigenvalue weighted by molar-refractivity contribution is 6.13. The number of primary amides is 1.